The fourth-order valence-corrected chi connectivity index (χ4v) is 3.83. The van der Waals surface area contributed by atoms with E-state index in [-0.39, 0.29) is 18.0 Å². The van der Waals surface area contributed by atoms with E-state index in [2.05, 4.69) is 10.6 Å². The maximum absolute atomic E-state index is 11.1. The number of rotatable bonds is 5. The van der Waals surface area contributed by atoms with Gasteiger partial charge in [-0.1, -0.05) is 6.42 Å². The number of hydrogen-bond acceptors (Lipinski definition) is 3. The molecule has 0 radical (unpaired) electrons. The minimum Gasteiger partial charge on any atom is -0.370 e. The minimum atomic E-state index is -0.229. The monoisotopic (exact) mass is 243 g/mol. The number of thioether (sulfide) groups is 1. The molecule has 0 aromatic rings. The zero-order chi connectivity index (χ0) is 11.5. The van der Waals surface area contributed by atoms with E-state index in [1.807, 2.05) is 11.8 Å². The summed E-state index contributed by atoms with van der Waals surface area (Å²) in [6.07, 6.45) is 3.36. The highest BCUT2D eigenvalue weighted by Crippen LogP contribution is 2.33. The van der Waals surface area contributed by atoms with Crippen molar-refractivity contribution in [2.75, 3.05) is 5.75 Å². The molecule has 3 amide bonds. The van der Waals surface area contributed by atoms with Gasteiger partial charge in [-0.3, -0.25) is 4.79 Å². The van der Waals surface area contributed by atoms with Crippen molar-refractivity contribution in [3.05, 3.63) is 0 Å². The summed E-state index contributed by atoms with van der Waals surface area (Å²) in [5, 5.41) is 6.35. The lowest BCUT2D eigenvalue weighted by Crippen LogP contribution is -2.36. The lowest BCUT2D eigenvalue weighted by Gasteiger charge is -2.16. The molecule has 2 aliphatic rings. The fraction of sp³-hybridized carbons (Fsp3) is 0.800. The van der Waals surface area contributed by atoms with Crippen LogP contribution in [-0.2, 0) is 4.79 Å². The molecule has 0 aromatic heterocycles. The molecule has 0 bridgehead atoms. The van der Waals surface area contributed by atoms with E-state index < -0.39 is 0 Å². The second kappa shape index (κ2) is 4.95. The topological polar surface area (TPSA) is 84.2 Å². The van der Waals surface area contributed by atoms with Gasteiger partial charge in [0.2, 0.25) is 5.91 Å². The Morgan fingerprint density at radius 1 is 1.44 bits per heavy atom. The summed E-state index contributed by atoms with van der Waals surface area (Å²) in [4.78, 5) is 21.7. The molecule has 0 unspecified atom stereocenters. The van der Waals surface area contributed by atoms with Crippen LogP contribution in [0.1, 0.15) is 25.7 Å². The van der Waals surface area contributed by atoms with Crippen LogP contribution in [0.3, 0.4) is 0 Å². The van der Waals surface area contributed by atoms with E-state index in [0.717, 1.165) is 25.0 Å². The molecule has 5 nitrogen and oxygen atoms in total. The van der Waals surface area contributed by atoms with Crippen LogP contribution in [-0.4, -0.2) is 35.0 Å². The molecule has 90 valence electrons. The van der Waals surface area contributed by atoms with Crippen molar-refractivity contribution in [3.63, 3.8) is 0 Å². The van der Waals surface area contributed by atoms with Crippen molar-refractivity contribution in [3.8, 4) is 0 Å². The Balaban J connectivity index is 1.70. The Bertz CT molecular complexity index is 298. The zero-order valence-electron chi connectivity index (χ0n) is 9.07. The minimum absolute atomic E-state index is 0.0440. The van der Waals surface area contributed by atoms with Gasteiger partial charge < -0.3 is 16.4 Å². The Morgan fingerprint density at radius 3 is 3.00 bits per heavy atom. The van der Waals surface area contributed by atoms with Crippen LogP contribution in [0.5, 0.6) is 0 Å². The zero-order valence-corrected chi connectivity index (χ0v) is 9.89. The third kappa shape index (κ3) is 2.61. The lowest BCUT2D eigenvalue weighted by molar-refractivity contribution is -0.118. The van der Waals surface area contributed by atoms with Gasteiger partial charge in [0.15, 0.2) is 0 Å². The third-order valence-electron chi connectivity index (χ3n) is 3.10. The van der Waals surface area contributed by atoms with Gasteiger partial charge in [0, 0.05) is 17.4 Å². The Kier molecular flexibility index (Phi) is 3.58. The van der Waals surface area contributed by atoms with Crippen molar-refractivity contribution < 1.29 is 9.59 Å². The second-order valence-electron chi connectivity index (χ2n) is 4.33. The van der Waals surface area contributed by atoms with E-state index in [1.165, 1.54) is 0 Å². The van der Waals surface area contributed by atoms with E-state index in [1.54, 1.807) is 0 Å². The number of primary amides is 1. The first kappa shape index (κ1) is 11.6. The lowest BCUT2D eigenvalue weighted by atomic mass is 10.0. The molecule has 2 rings (SSSR count). The summed E-state index contributed by atoms with van der Waals surface area (Å²) >= 11 is 1.90. The van der Waals surface area contributed by atoms with Crippen LogP contribution in [0.25, 0.3) is 0 Å². The molecule has 4 N–H and O–H groups in total. The molecular formula is C10H17N3O2S. The summed E-state index contributed by atoms with van der Waals surface area (Å²) in [5.41, 5.74) is 5.08. The van der Waals surface area contributed by atoms with Crippen LogP contribution < -0.4 is 16.4 Å². The average Bonchev–Trinajstić information content (AvgIpc) is 2.72. The maximum Gasteiger partial charge on any atom is 0.315 e. The van der Waals surface area contributed by atoms with Crippen molar-refractivity contribution >= 4 is 23.7 Å². The van der Waals surface area contributed by atoms with Gasteiger partial charge in [-0.25, -0.2) is 4.79 Å². The van der Waals surface area contributed by atoms with Gasteiger partial charge in [0.1, 0.15) is 0 Å². The Hall–Kier alpha value is -0.910. The van der Waals surface area contributed by atoms with Crippen LogP contribution in [0.4, 0.5) is 4.79 Å². The summed E-state index contributed by atoms with van der Waals surface area (Å²) in [6.45, 7) is 0. The third-order valence-corrected chi connectivity index (χ3v) is 4.61. The average molecular weight is 243 g/mol. The second-order valence-corrected chi connectivity index (χ2v) is 5.61. The molecule has 2 fully saturated rings. The van der Waals surface area contributed by atoms with Crippen LogP contribution >= 0.6 is 11.8 Å². The smallest absolute Gasteiger partial charge is 0.315 e. The predicted octanol–water partition coefficient (Wildman–Crippen LogP) is 0.197. The van der Waals surface area contributed by atoms with Gasteiger partial charge in [-0.05, 0) is 12.8 Å². The fourth-order valence-electron chi connectivity index (χ4n) is 2.29. The number of amides is 3. The molecule has 0 aliphatic carbocycles. The molecule has 16 heavy (non-hydrogen) atoms. The SMILES string of the molecule is NC(=O)CCCC[C@@H]1SC[C@@H]2NC(=O)N[C@@H]21. The molecule has 2 saturated heterocycles. The number of urea groups is 1. The van der Waals surface area contributed by atoms with Crippen LogP contribution in [0.2, 0.25) is 0 Å². The number of unbranched alkanes of at least 4 members (excludes halogenated alkanes) is 1. The van der Waals surface area contributed by atoms with Gasteiger partial charge in [-0.15, -0.1) is 0 Å². The van der Waals surface area contributed by atoms with E-state index in [9.17, 15) is 9.59 Å². The first-order valence-corrected chi connectivity index (χ1v) is 6.68. The maximum atomic E-state index is 11.1. The molecule has 0 aromatic carbocycles. The van der Waals surface area contributed by atoms with Crippen LogP contribution in [0.15, 0.2) is 0 Å². The van der Waals surface area contributed by atoms with Crippen molar-refractivity contribution in [2.45, 2.75) is 43.0 Å². The van der Waals surface area contributed by atoms with Gasteiger partial charge in [-0.2, -0.15) is 11.8 Å². The van der Waals surface area contributed by atoms with Gasteiger partial charge >= 0.3 is 6.03 Å². The number of carbonyl (C=O) groups excluding carboxylic acids is 2. The quantitative estimate of drug-likeness (QED) is 0.476. The van der Waals surface area contributed by atoms with Crippen molar-refractivity contribution in [1.29, 1.82) is 0 Å². The van der Waals surface area contributed by atoms with Crippen molar-refractivity contribution in [1.82, 2.24) is 10.6 Å². The molecule has 6 heteroatoms. The number of fused-ring (bicyclic) bond motifs is 1. The summed E-state index contributed by atoms with van der Waals surface area (Å²) in [5.74, 6) is 0.761. The molecule has 0 spiro atoms. The first-order chi connectivity index (χ1) is 7.66. The molecule has 2 heterocycles. The molecule has 0 saturated carbocycles. The largest absolute Gasteiger partial charge is 0.370 e. The van der Waals surface area contributed by atoms with Gasteiger partial charge in [0.25, 0.3) is 0 Å². The van der Waals surface area contributed by atoms with Crippen LogP contribution in [0, 0.1) is 0 Å². The Morgan fingerprint density at radius 2 is 2.25 bits per heavy atom. The van der Waals surface area contributed by atoms with E-state index >= 15 is 0 Å². The molecular weight excluding hydrogens is 226 g/mol. The highest BCUT2D eigenvalue weighted by atomic mass is 32.2. The predicted molar refractivity (Wildman–Crippen MR) is 63.2 cm³/mol. The standard InChI is InChI=1S/C10H17N3O2S/c11-8(14)4-2-1-3-7-9-6(5-16-7)12-10(15)13-9/h6-7,9H,1-5H2,(H2,11,14)(H2,12,13,15)/t6-,7-,9-/m0/s1. The first-order valence-electron chi connectivity index (χ1n) is 5.64. The summed E-state index contributed by atoms with van der Waals surface area (Å²) < 4.78 is 0. The summed E-state index contributed by atoms with van der Waals surface area (Å²) in [7, 11) is 0. The summed E-state index contributed by atoms with van der Waals surface area (Å²) in [6, 6.07) is 0.516. The van der Waals surface area contributed by atoms with E-state index in [0.29, 0.717) is 17.7 Å². The number of nitrogens with two attached hydrogens (primary N) is 1. The van der Waals surface area contributed by atoms with Gasteiger partial charge in [0.05, 0.1) is 12.1 Å². The molecule has 2 aliphatic heterocycles. The Labute approximate surface area is 98.9 Å². The number of hydrogen-bond donors (Lipinski definition) is 3. The highest BCUT2D eigenvalue weighted by molar-refractivity contribution is 8.00. The molecule has 3 atom stereocenters. The number of carbonyl (C=O) groups is 2. The van der Waals surface area contributed by atoms with Crippen molar-refractivity contribution in [2.24, 2.45) is 5.73 Å². The highest BCUT2D eigenvalue weighted by Gasteiger charge is 2.42. The number of nitrogens with one attached hydrogen (secondary N) is 2. The van der Waals surface area contributed by atoms with E-state index in [4.69, 9.17) is 5.73 Å². The normalized spacial score (nSPS) is 32.0.